The molecular formula is C16H11Cl3N2S. The van der Waals surface area contributed by atoms with Gasteiger partial charge in [-0.3, -0.25) is 0 Å². The van der Waals surface area contributed by atoms with Crippen LogP contribution in [-0.2, 0) is 0 Å². The molecule has 22 heavy (non-hydrogen) atoms. The van der Waals surface area contributed by atoms with Crippen LogP contribution in [0.1, 0.15) is 4.88 Å². The first-order valence-electron chi connectivity index (χ1n) is 6.49. The van der Waals surface area contributed by atoms with Crippen LogP contribution in [0, 0.1) is 6.92 Å². The minimum absolute atomic E-state index is 0.491. The van der Waals surface area contributed by atoms with Crippen LogP contribution in [0.15, 0.2) is 42.5 Å². The first kappa shape index (κ1) is 15.6. The Balaban J connectivity index is 1.92. The van der Waals surface area contributed by atoms with Gasteiger partial charge < -0.3 is 5.32 Å². The Hall–Kier alpha value is -1.26. The molecule has 3 aromatic rings. The van der Waals surface area contributed by atoms with E-state index in [2.05, 4.69) is 10.3 Å². The molecule has 2 aromatic carbocycles. The third-order valence-electron chi connectivity index (χ3n) is 3.11. The van der Waals surface area contributed by atoms with Gasteiger partial charge in [-0.25, -0.2) is 4.98 Å². The number of hydrogen-bond acceptors (Lipinski definition) is 3. The van der Waals surface area contributed by atoms with Crippen molar-refractivity contribution >= 4 is 57.0 Å². The van der Waals surface area contributed by atoms with Crippen molar-refractivity contribution in [2.24, 2.45) is 0 Å². The SMILES string of the molecule is Cc1sc(Nc2cccc(Cl)c2Cl)nc1-c1ccc(Cl)cc1. The largest absolute Gasteiger partial charge is 0.330 e. The van der Waals surface area contributed by atoms with Gasteiger partial charge in [0.05, 0.1) is 21.4 Å². The van der Waals surface area contributed by atoms with Gasteiger partial charge in [-0.1, -0.05) is 53.0 Å². The Morgan fingerprint density at radius 2 is 1.73 bits per heavy atom. The maximum absolute atomic E-state index is 6.19. The molecule has 0 amide bonds. The number of nitrogens with one attached hydrogen (secondary N) is 1. The third-order valence-corrected chi connectivity index (χ3v) is 5.06. The van der Waals surface area contributed by atoms with E-state index < -0.39 is 0 Å². The molecule has 0 aliphatic heterocycles. The summed E-state index contributed by atoms with van der Waals surface area (Å²) in [6.45, 7) is 2.03. The fourth-order valence-electron chi connectivity index (χ4n) is 2.04. The Morgan fingerprint density at radius 1 is 1.00 bits per heavy atom. The second-order valence-electron chi connectivity index (χ2n) is 4.66. The van der Waals surface area contributed by atoms with Gasteiger partial charge in [0.1, 0.15) is 0 Å². The lowest BCUT2D eigenvalue weighted by Crippen LogP contribution is -1.91. The number of benzene rings is 2. The van der Waals surface area contributed by atoms with Crippen molar-refractivity contribution in [2.75, 3.05) is 5.32 Å². The van der Waals surface area contributed by atoms with Crippen molar-refractivity contribution < 1.29 is 0 Å². The van der Waals surface area contributed by atoms with Gasteiger partial charge in [-0.15, -0.1) is 11.3 Å². The Labute approximate surface area is 147 Å². The zero-order valence-electron chi connectivity index (χ0n) is 11.5. The summed E-state index contributed by atoms with van der Waals surface area (Å²) in [6.07, 6.45) is 0. The van der Waals surface area contributed by atoms with Crippen LogP contribution >= 0.6 is 46.1 Å². The molecule has 0 saturated carbocycles. The van der Waals surface area contributed by atoms with Crippen molar-refractivity contribution in [3.05, 3.63) is 62.4 Å². The van der Waals surface area contributed by atoms with Crippen LogP contribution in [0.25, 0.3) is 11.3 Å². The molecule has 0 spiro atoms. The number of rotatable bonds is 3. The van der Waals surface area contributed by atoms with Crippen LogP contribution in [-0.4, -0.2) is 4.98 Å². The monoisotopic (exact) mass is 368 g/mol. The summed E-state index contributed by atoms with van der Waals surface area (Å²) in [5.41, 5.74) is 2.70. The molecule has 0 fully saturated rings. The van der Waals surface area contributed by atoms with E-state index in [1.807, 2.05) is 43.3 Å². The maximum Gasteiger partial charge on any atom is 0.188 e. The first-order chi connectivity index (χ1) is 10.5. The lowest BCUT2D eigenvalue weighted by atomic mass is 10.1. The lowest BCUT2D eigenvalue weighted by Gasteiger charge is -2.05. The molecule has 0 aliphatic rings. The van der Waals surface area contributed by atoms with Crippen molar-refractivity contribution in [1.29, 1.82) is 0 Å². The zero-order chi connectivity index (χ0) is 15.7. The van der Waals surface area contributed by atoms with E-state index in [0.717, 1.165) is 27.0 Å². The third kappa shape index (κ3) is 3.23. The van der Waals surface area contributed by atoms with Gasteiger partial charge in [-0.2, -0.15) is 0 Å². The van der Waals surface area contributed by atoms with Crippen molar-refractivity contribution in [2.45, 2.75) is 6.92 Å². The zero-order valence-corrected chi connectivity index (χ0v) is 14.6. The molecule has 1 aromatic heterocycles. The average molecular weight is 370 g/mol. The highest BCUT2D eigenvalue weighted by molar-refractivity contribution is 7.16. The molecule has 0 saturated heterocycles. The van der Waals surface area contributed by atoms with Crippen LogP contribution in [0.2, 0.25) is 15.1 Å². The average Bonchev–Trinajstić information content (AvgIpc) is 2.85. The summed E-state index contributed by atoms with van der Waals surface area (Å²) < 4.78 is 0. The fraction of sp³-hybridized carbons (Fsp3) is 0.0625. The number of nitrogens with zero attached hydrogens (tertiary/aromatic N) is 1. The van der Waals surface area contributed by atoms with Crippen LogP contribution in [0.4, 0.5) is 10.8 Å². The number of aromatic nitrogens is 1. The summed E-state index contributed by atoms with van der Waals surface area (Å²) in [5.74, 6) is 0. The number of halogens is 3. The van der Waals surface area contributed by atoms with E-state index in [-0.39, 0.29) is 0 Å². The van der Waals surface area contributed by atoms with Gasteiger partial charge in [0.2, 0.25) is 0 Å². The highest BCUT2D eigenvalue weighted by atomic mass is 35.5. The molecule has 0 bridgehead atoms. The maximum atomic E-state index is 6.19. The Morgan fingerprint density at radius 3 is 2.45 bits per heavy atom. The molecule has 0 atom stereocenters. The van der Waals surface area contributed by atoms with Gasteiger partial charge in [-0.05, 0) is 31.2 Å². The molecule has 6 heteroatoms. The van der Waals surface area contributed by atoms with Crippen LogP contribution in [0.5, 0.6) is 0 Å². The predicted octanol–water partition coefficient (Wildman–Crippen LogP) is 6.82. The molecule has 2 nitrogen and oxygen atoms in total. The summed E-state index contributed by atoms with van der Waals surface area (Å²) >= 11 is 19.7. The van der Waals surface area contributed by atoms with Gasteiger partial charge >= 0.3 is 0 Å². The Bertz CT molecular complexity index is 813. The second-order valence-corrected chi connectivity index (χ2v) is 7.08. The quantitative estimate of drug-likeness (QED) is 0.547. The smallest absolute Gasteiger partial charge is 0.188 e. The highest BCUT2D eigenvalue weighted by Crippen LogP contribution is 2.36. The van der Waals surface area contributed by atoms with E-state index in [9.17, 15) is 0 Å². The van der Waals surface area contributed by atoms with Gasteiger partial charge in [0, 0.05) is 15.5 Å². The second kappa shape index (κ2) is 6.47. The predicted molar refractivity (Wildman–Crippen MR) is 97.0 cm³/mol. The van der Waals surface area contributed by atoms with Crippen molar-refractivity contribution in [3.8, 4) is 11.3 Å². The molecule has 112 valence electrons. The molecule has 3 rings (SSSR count). The number of anilines is 2. The summed E-state index contributed by atoms with van der Waals surface area (Å²) in [4.78, 5) is 5.75. The molecule has 1 heterocycles. The topological polar surface area (TPSA) is 24.9 Å². The van der Waals surface area contributed by atoms with Gasteiger partial charge in [0.15, 0.2) is 5.13 Å². The van der Waals surface area contributed by atoms with E-state index in [1.54, 1.807) is 17.4 Å². The summed E-state index contributed by atoms with van der Waals surface area (Å²) in [6, 6.07) is 13.1. The highest BCUT2D eigenvalue weighted by Gasteiger charge is 2.12. The minimum Gasteiger partial charge on any atom is -0.330 e. The van der Waals surface area contributed by atoms with E-state index >= 15 is 0 Å². The van der Waals surface area contributed by atoms with Gasteiger partial charge in [0.25, 0.3) is 0 Å². The molecule has 0 radical (unpaired) electrons. The van der Waals surface area contributed by atoms with E-state index in [4.69, 9.17) is 34.8 Å². The summed E-state index contributed by atoms with van der Waals surface area (Å²) in [7, 11) is 0. The van der Waals surface area contributed by atoms with Crippen molar-refractivity contribution in [1.82, 2.24) is 4.98 Å². The Kier molecular flexibility index (Phi) is 4.59. The molecule has 0 unspecified atom stereocenters. The standard InChI is InChI=1S/C16H11Cl3N2S/c1-9-15(10-5-7-11(17)8-6-10)21-16(22-9)20-13-4-2-3-12(18)14(13)19/h2-8H,1H3,(H,20,21). The van der Waals surface area contributed by atoms with E-state index in [1.165, 1.54) is 0 Å². The fourth-order valence-corrected chi connectivity index (χ4v) is 3.36. The summed E-state index contributed by atoms with van der Waals surface area (Å²) in [5, 5.41) is 5.70. The normalized spacial score (nSPS) is 10.7. The number of thiazole rings is 1. The molecule has 1 N–H and O–H groups in total. The van der Waals surface area contributed by atoms with Crippen LogP contribution in [0.3, 0.4) is 0 Å². The molecular weight excluding hydrogens is 359 g/mol. The number of hydrogen-bond donors (Lipinski definition) is 1. The first-order valence-corrected chi connectivity index (χ1v) is 8.44. The molecule has 0 aliphatic carbocycles. The van der Waals surface area contributed by atoms with Crippen molar-refractivity contribution in [3.63, 3.8) is 0 Å². The number of aryl methyl sites for hydroxylation is 1. The van der Waals surface area contributed by atoms with Crippen LogP contribution < -0.4 is 5.32 Å². The minimum atomic E-state index is 0.491. The van der Waals surface area contributed by atoms with E-state index in [0.29, 0.717) is 15.1 Å². The lowest BCUT2D eigenvalue weighted by molar-refractivity contribution is 1.36.